The van der Waals surface area contributed by atoms with Crippen molar-refractivity contribution in [2.24, 2.45) is 0 Å². The standard InChI is InChI=1S/C19H13N7.C2HF3O2/c20-6-4-17(14-3-1-2-13(8-14)9-21)26-12-16(11-24-26)19-23-10-15-5-7-22-18(15)25-19;3-2(4,5)1(6)7/h1-3,5,7-8,10-12,17H,4H2,(H,22,23,25);(H,6,7)/t17-;/m0./s1. The summed E-state index contributed by atoms with van der Waals surface area (Å²) in [6.07, 6.45) is 2.24. The maximum absolute atomic E-state index is 10.6. The van der Waals surface area contributed by atoms with Crippen LogP contribution in [0.3, 0.4) is 0 Å². The number of fused-ring (bicyclic) bond motifs is 1. The monoisotopic (exact) mass is 453 g/mol. The largest absolute Gasteiger partial charge is 0.490 e. The Balaban J connectivity index is 0.000000383. The molecule has 0 spiro atoms. The highest BCUT2D eigenvalue weighted by atomic mass is 19.4. The van der Waals surface area contributed by atoms with Crippen molar-refractivity contribution in [3.63, 3.8) is 0 Å². The molecule has 3 heterocycles. The Bertz CT molecular complexity index is 1360. The van der Waals surface area contributed by atoms with Crippen LogP contribution in [0, 0.1) is 22.7 Å². The minimum absolute atomic E-state index is 0.243. The number of aromatic nitrogens is 5. The number of aliphatic carboxylic acids is 1. The van der Waals surface area contributed by atoms with Crippen molar-refractivity contribution < 1.29 is 23.1 Å². The Morgan fingerprint density at radius 3 is 2.67 bits per heavy atom. The molecule has 1 atom stereocenters. The predicted octanol–water partition coefficient (Wildman–Crippen LogP) is 3.83. The van der Waals surface area contributed by atoms with E-state index in [9.17, 15) is 18.4 Å². The molecule has 9 nitrogen and oxygen atoms in total. The molecule has 3 aromatic heterocycles. The molecule has 0 unspecified atom stereocenters. The van der Waals surface area contributed by atoms with E-state index in [0.717, 1.165) is 22.2 Å². The number of rotatable bonds is 4. The topological polar surface area (TPSA) is 144 Å². The van der Waals surface area contributed by atoms with E-state index in [0.29, 0.717) is 11.4 Å². The number of nitrogens with zero attached hydrogens (tertiary/aromatic N) is 6. The first-order valence-corrected chi connectivity index (χ1v) is 9.24. The molecule has 12 heteroatoms. The van der Waals surface area contributed by atoms with Gasteiger partial charge in [-0.3, -0.25) is 4.68 Å². The number of aromatic amines is 1. The van der Waals surface area contributed by atoms with Crippen LogP contribution in [0.1, 0.15) is 23.6 Å². The molecular formula is C21H14F3N7O2. The first kappa shape index (κ1) is 23.0. The van der Waals surface area contributed by atoms with Crippen molar-refractivity contribution in [2.75, 3.05) is 0 Å². The second kappa shape index (κ2) is 9.62. The van der Waals surface area contributed by atoms with Gasteiger partial charge in [-0.15, -0.1) is 0 Å². The van der Waals surface area contributed by atoms with Crippen LogP contribution in [-0.4, -0.2) is 42.0 Å². The molecule has 0 bridgehead atoms. The smallest absolute Gasteiger partial charge is 0.475 e. The minimum Gasteiger partial charge on any atom is -0.475 e. The number of alkyl halides is 3. The Labute approximate surface area is 184 Å². The highest BCUT2D eigenvalue weighted by Crippen LogP contribution is 2.25. The van der Waals surface area contributed by atoms with Crippen molar-refractivity contribution in [3.8, 4) is 23.5 Å². The fourth-order valence-corrected chi connectivity index (χ4v) is 2.87. The minimum atomic E-state index is -5.08. The molecular weight excluding hydrogens is 439 g/mol. The number of carboxylic acids is 1. The fourth-order valence-electron chi connectivity index (χ4n) is 2.87. The number of H-pyrrole nitrogens is 1. The van der Waals surface area contributed by atoms with Crippen LogP contribution in [0.2, 0.25) is 0 Å². The van der Waals surface area contributed by atoms with Gasteiger partial charge in [0, 0.05) is 24.0 Å². The number of hydrogen-bond acceptors (Lipinski definition) is 6. The van der Waals surface area contributed by atoms with Gasteiger partial charge in [-0.1, -0.05) is 12.1 Å². The molecule has 0 saturated carbocycles. The summed E-state index contributed by atoms with van der Waals surface area (Å²) in [6.45, 7) is 0. The SMILES string of the molecule is N#CC[C@@H](c1cccc(C#N)c1)n1cc(-c2ncc3cc[nH]c3n2)cn1.O=C(O)C(F)(F)F. The molecule has 4 rings (SSSR count). The normalized spacial score (nSPS) is 11.7. The number of carboxylic acid groups (broad SMARTS) is 1. The Kier molecular flexibility index (Phi) is 6.69. The van der Waals surface area contributed by atoms with Crippen molar-refractivity contribution in [3.05, 3.63) is 66.2 Å². The molecule has 0 amide bonds. The average Bonchev–Trinajstić information content (AvgIpc) is 3.46. The van der Waals surface area contributed by atoms with E-state index in [1.807, 2.05) is 30.6 Å². The molecule has 166 valence electrons. The maximum Gasteiger partial charge on any atom is 0.490 e. The summed E-state index contributed by atoms with van der Waals surface area (Å²) in [4.78, 5) is 20.8. The van der Waals surface area contributed by atoms with E-state index in [2.05, 4.69) is 32.2 Å². The number of benzene rings is 1. The van der Waals surface area contributed by atoms with Crippen LogP contribution in [-0.2, 0) is 4.79 Å². The van der Waals surface area contributed by atoms with Crippen LogP contribution < -0.4 is 0 Å². The van der Waals surface area contributed by atoms with E-state index in [4.69, 9.17) is 15.2 Å². The summed E-state index contributed by atoms with van der Waals surface area (Å²) in [6, 6.07) is 13.2. The zero-order valence-electron chi connectivity index (χ0n) is 16.7. The van der Waals surface area contributed by atoms with E-state index >= 15 is 0 Å². The lowest BCUT2D eigenvalue weighted by atomic mass is 10.0. The summed E-state index contributed by atoms with van der Waals surface area (Å²) in [7, 11) is 0. The van der Waals surface area contributed by atoms with Crippen LogP contribution in [0.25, 0.3) is 22.4 Å². The summed E-state index contributed by atoms with van der Waals surface area (Å²) >= 11 is 0. The molecule has 33 heavy (non-hydrogen) atoms. The van der Waals surface area contributed by atoms with Gasteiger partial charge in [-0.2, -0.15) is 28.8 Å². The van der Waals surface area contributed by atoms with E-state index in [-0.39, 0.29) is 12.5 Å². The van der Waals surface area contributed by atoms with Gasteiger partial charge in [0.15, 0.2) is 5.82 Å². The Morgan fingerprint density at radius 1 is 1.24 bits per heavy atom. The number of nitrogens with one attached hydrogen (secondary N) is 1. The van der Waals surface area contributed by atoms with Gasteiger partial charge in [0.2, 0.25) is 0 Å². The van der Waals surface area contributed by atoms with Gasteiger partial charge in [0.25, 0.3) is 0 Å². The molecule has 2 N–H and O–H groups in total. The second-order valence-corrected chi connectivity index (χ2v) is 6.60. The lowest BCUT2D eigenvalue weighted by Gasteiger charge is -2.15. The van der Waals surface area contributed by atoms with Crippen molar-refractivity contribution in [1.82, 2.24) is 24.7 Å². The van der Waals surface area contributed by atoms with Crippen LogP contribution in [0.15, 0.2) is 55.1 Å². The lowest BCUT2D eigenvalue weighted by Crippen LogP contribution is -2.21. The van der Waals surface area contributed by atoms with Crippen molar-refractivity contribution in [2.45, 2.75) is 18.6 Å². The highest BCUT2D eigenvalue weighted by molar-refractivity contribution is 5.76. The summed E-state index contributed by atoms with van der Waals surface area (Å²) in [5.41, 5.74) is 2.94. The van der Waals surface area contributed by atoms with Crippen LogP contribution in [0.4, 0.5) is 13.2 Å². The zero-order chi connectivity index (χ0) is 24.0. The van der Waals surface area contributed by atoms with Gasteiger partial charge in [0.05, 0.1) is 41.9 Å². The molecule has 1 aromatic carbocycles. The van der Waals surface area contributed by atoms with Gasteiger partial charge >= 0.3 is 12.1 Å². The molecule has 0 aliphatic carbocycles. The number of nitriles is 2. The Hall–Kier alpha value is -4.71. The molecule has 0 radical (unpaired) electrons. The zero-order valence-corrected chi connectivity index (χ0v) is 16.7. The van der Waals surface area contributed by atoms with Gasteiger partial charge in [-0.05, 0) is 23.8 Å². The predicted molar refractivity (Wildman–Crippen MR) is 108 cm³/mol. The number of carbonyl (C=O) groups is 1. The van der Waals surface area contributed by atoms with Gasteiger partial charge < -0.3 is 10.1 Å². The van der Waals surface area contributed by atoms with Gasteiger partial charge in [0.1, 0.15) is 5.65 Å². The summed E-state index contributed by atoms with van der Waals surface area (Å²) in [5, 5.41) is 30.8. The lowest BCUT2D eigenvalue weighted by molar-refractivity contribution is -0.192. The molecule has 0 aliphatic rings. The third-order valence-corrected chi connectivity index (χ3v) is 4.41. The fraction of sp³-hybridized carbons (Fsp3) is 0.143. The third-order valence-electron chi connectivity index (χ3n) is 4.41. The molecule has 4 aromatic rings. The van der Waals surface area contributed by atoms with E-state index in [1.54, 1.807) is 29.2 Å². The summed E-state index contributed by atoms with van der Waals surface area (Å²) < 4.78 is 33.5. The van der Waals surface area contributed by atoms with E-state index < -0.39 is 12.1 Å². The van der Waals surface area contributed by atoms with Crippen LogP contribution in [0.5, 0.6) is 0 Å². The number of halogens is 3. The molecule has 0 fully saturated rings. The van der Waals surface area contributed by atoms with Crippen molar-refractivity contribution in [1.29, 1.82) is 10.5 Å². The maximum atomic E-state index is 10.6. The quantitative estimate of drug-likeness (QED) is 0.478. The first-order valence-electron chi connectivity index (χ1n) is 9.24. The van der Waals surface area contributed by atoms with Crippen molar-refractivity contribution >= 4 is 17.0 Å². The number of hydrogen-bond donors (Lipinski definition) is 2. The van der Waals surface area contributed by atoms with E-state index in [1.165, 1.54) is 0 Å². The summed E-state index contributed by atoms with van der Waals surface area (Å²) in [5.74, 6) is -2.19. The van der Waals surface area contributed by atoms with Crippen LogP contribution >= 0.6 is 0 Å². The first-order chi connectivity index (χ1) is 15.7. The highest BCUT2D eigenvalue weighted by Gasteiger charge is 2.38. The average molecular weight is 453 g/mol. The third kappa shape index (κ3) is 5.51. The second-order valence-electron chi connectivity index (χ2n) is 6.60. The Morgan fingerprint density at radius 2 is 2.00 bits per heavy atom. The molecule has 0 aliphatic heterocycles. The molecule has 0 saturated heterocycles. The van der Waals surface area contributed by atoms with Gasteiger partial charge in [-0.25, -0.2) is 14.8 Å².